The highest BCUT2D eigenvalue weighted by Crippen LogP contribution is 2.34. The minimum atomic E-state index is 0.205. The van der Waals surface area contributed by atoms with Gasteiger partial charge < -0.3 is 19.3 Å². The molecule has 2 aliphatic heterocycles. The molecule has 0 saturated carbocycles. The summed E-state index contributed by atoms with van der Waals surface area (Å²) in [6, 6.07) is 3.90. The van der Waals surface area contributed by atoms with Crippen LogP contribution in [0.3, 0.4) is 0 Å². The number of piperidine rings is 2. The average molecular weight is 386 g/mol. The van der Waals surface area contributed by atoms with Gasteiger partial charge >= 0.3 is 0 Å². The zero-order valence-electron chi connectivity index (χ0n) is 17.3. The third-order valence-corrected chi connectivity index (χ3v) is 6.39. The molecule has 0 N–H and O–H groups in total. The fraction of sp³-hybridized carbons (Fsp3) is 0.667. The Hall–Kier alpha value is -1.99. The number of pyridine rings is 1. The van der Waals surface area contributed by atoms with Gasteiger partial charge in [0.1, 0.15) is 5.52 Å². The van der Waals surface area contributed by atoms with E-state index in [0.717, 1.165) is 56.2 Å². The van der Waals surface area contributed by atoms with Gasteiger partial charge in [0.05, 0.1) is 12.2 Å². The molecule has 0 radical (unpaired) electrons. The molecule has 2 fully saturated rings. The monoisotopic (exact) mass is 385 g/mol. The molecule has 0 aromatic carbocycles. The van der Waals surface area contributed by atoms with Gasteiger partial charge in [0.2, 0.25) is 0 Å². The summed E-state index contributed by atoms with van der Waals surface area (Å²) in [5.74, 6) is 2.96. The Labute approximate surface area is 167 Å². The first-order valence-electron chi connectivity index (χ1n) is 10.3. The maximum absolute atomic E-state index is 5.74. The third kappa shape index (κ3) is 3.65. The molecular formula is C21H31N5O2. The van der Waals surface area contributed by atoms with Crippen molar-refractivity contribution >= 4 is 22.8 Å². The SMILES string of the molecule is COC1CN(c2nc3cccnc3nc2N2CCC(C)C(OC)C2)CCC1C. The molecule has 4 heterocycles. The Morgan fingerprint density at radius 1 is 0.893 bits per heavy atom. The van der Waals surface area contributed by atoms with Crippen molar-refractivity contribution in [3.05, 3.63) is 18.3 Å². The number of ether oxygens (including phenoxy) is 2. The predicted octanol–water partition coefficient (Wildman–Crippen LogP) is 2.75. The van der Waals surface area contributed by atoms with Gasteiger partial charge in [-0.1, -0.05) is 13.8 Å². The molecule has 2 saturated heterocycles. The van der Waals surface area contributed by atoms with Crippen molar-refractivity contribution < 1.29 is 9.47 Å². The topological polar surface area (TPSA) is 63.6 Å². The molecule has 0 amide bonds. The summed E-state index contributed by atoms with van der Waals surface area (Å²) in [6.45, 7) is 8.11. The van der Waals surface area contributed by atoms with E-state index in [1.165, 1.54) is 0 Å². The molecule has 2 aromatic rings. The van der Waals surface area contributed by atoms with Gasteiger partial charge in [-0.3, -0.25) is 0 Å². The highest BCUT2D eigenvalue weighted by atomic mass is 16.5. The maximum Gasteiger partial charge on any atom is 0.180 e. The molecule has 4 rings (SSSR count). The standard InChI is InChI=1S/C21H31N5O2/c1-14-7-10-25(12-17(14)27-3)20-21(24-19-16(23-20)6-5-9-22-19)26-11-8-15(2)18(13-26)28-4/h5-6,9,14-15,17-18H,7-8,10-13H2,1-4H3. The van der Waals surface area contributed by atoms with E-state index in [2.05, 4.69) is 28.6 Å². The normalized spacial score (nSPS) is 28.7. The van der Waals surface area contributed by atoms with Crippen LogP contribution in [-0.2, 0) is 9.47 Å². The fourth-order valence-electron chi connectivity index (χ4n) is 4.37. The van der Waals surface area contributed by atoms with Crippen molar-refractivity contribution in [2.75, 3.05) is 50.2 Å². The predicted molar refractivity (Wildman–Crippen MR) is 111 cm³/mol. The second-order valence-electron chi connectivity index (χ2n) is 8.19. The van der Waals surface area contributed by atoms with E-state index in [0.29, 0.717) is 17.5 Å². The molecule has 2 aromatic heterocycles. The van der Waals surface area contributed by atoms with Crippen LogP contribution in [0.5, 0.6) is 0 Å². The number of hydrogen-bond donors (Lipinski definition) is 0. The number of nitrogens with zero attached hydrogens (tertiary/aromatic N) is 5. The van der Waals surface area contributed by atoms with E-state index in [1.807, 2.05) is 12.1 Å². The summed E-state index contributed by atoms with van der Waals surface area (Å²) in [4.78, 5) is 19.1. The van der Waals surface area contributed by atoms with Crippen LogP contribution in [0, 0.1) is 11.8 Å². The molecule has 0 spiro atoms. The molecule has 2 aliphatic rings. The van der Waals surface area contributed by atoms with Gasteiger partial charge in [0, 0.05) is 46.6 Å². The molecule has 28 heavy (non-hydrogen) atoms. The zero-order valence-corrected chi connectivity index (χ0v) is 17.3. The Kier molecular flexibility index (Phi) is 5.64. The molecular weight excluding hydrogens is 354 g/mol. The lowest BCUT2D eigenvalue weighted by atomic mass is 9.95. The number of aromatic nitrogens is 3. The van der Waals surface area contributed by atoms with Crippen molar-refractivity contribution in [3.63, 3.8) is 0 Å². The third-order valence-electron chi connectivity index (χ3n) is 6.39. The first-order chi connectivity index (χ1) is 13.6. The van der Waals surface area contributed by atoms with Crippen LogP contribution in [0.2, 0.25) is 0 Å². The van der Waals surface area contributed by atoms with E-state index < -0.39 is 0 Å². The summed E-state index contributed by atoms with van der Waals surface area (Å²) in [7, 11) is 3.60. The second-order valence-corrected chi connectivity index (χ2v) is 8.19. The fourth-order valence-corrected chi connectivity index (χ4v) is 4.37. The van der Waals surface area contributed by atoms with Gasteiger partial charge in [0.15, 0.2) is 17.3 Å². The van der Waals surface area contributed by atoms with Crippen LogP contribution < -0.4 is 9.80 Å². The van der Waals surface area contributed by atoms with Crippen LogP contribution >= 0.6 is 0 Å². The van der Waals surface area contributed by atoms with Crippen molar-refractivity contribution in [3.8, 4) is 0 Å². The highest BCUT2D eigenvalue weighted by Gasteiger charge is 2.33. The van der Waals surface area contributed by atoms with Gasteiger partial charge in [0.25, 0.3) is 0 Å². The van der Waals surface area contributed by atoms with Crippen LogP contribution in [0.15, 0.2) is 18.3 Å². The summed E-state index contributed by atoms with van der Waals surface area (Å²) < 4.78 is 11.5. The van der Waals surface area contributed by atoms with E-state index in [4.69, 9.17) is 19.4 Å². The minimum Gasteiger partial charge on any atom is -0.379 e. The number of methoxy groups -OCH3 is 2. The summed E-state index contributed by atoms with van der Waals surface area (Å²) in [5, 5.41) is 0. The van der Waals surface area contributed by atoms with E-state index in [9.17, 15) is 0 Å². The summed E-state index contributed by atoms with van der Waals surface area (Å²) in [5.41, 5.74) is 1.53. The Morgan fingerprint density at radius 2 is 1.46 bits per heavy atom. The number of hydrogen-bond acceptors (Lipinski definition) is 7. The van der Waals surface area contributed by atoms with Gasteiger partial charge in [-0.15, -0.1) is 0 Å². The number of fused-ring (bicyclic) bond motifs is 1. The lowest BCUT2D eigenvalue weighted by Gasteiger charge is -2.41. The smallest absolute Gasteiger partial charge is 0.180 e. The van der Waals surface area contributed by atoms with E-state index >= 15 is 0 Å². The van der Waals surface area contributed by atoms with Gasteiger partial charge in [-0.25, -0.2) is 15.0 Å². The molecule has 7 nitrogen and oxygen atoms in total. The Bertz CT molecular complexity index is 750. The molecule has 0 bridgehead atoms. The first kappa shape index (κ1) is 19.3. The quantitative estimate of drug-likeness (QED) is 0.802. The highest BCUT2D eigenvalue weighted by molar-refractivity contribution is 5.78. The van der Waals surface area contributed by atoms with Crippen molar-refractivity contribution in [1.29, 1.82) is 0 Å². The maximum atomic E-state index is 5.74. The lowest BCUT2D eigenvalue weighted by Crippen LogP contribution is -2.47. The summed E-state index contributed by atoms with van der Waals surface area (Å²) in [6.07, 6.45) is 4.36. The van der Waals surface area contributed by atoms with Crippen LogP contribution in [0.4, 0.5) is 11.6 Å². The van der Waals surface area contributed by atoms with E-state index in [1.54, 1.807) is 20.4 Å². The largest absolute Gasteiger partial charge is 0.379 e. The zero-order chi connectivity index (χ0) is 19.7. The second kappa shape index (κ2) is 8.17. The molecule has 152 valence electrons. The van der Waals surface area contributed by atoms with Crippen molar-refractivity contribution in [2.24, 2.45) is 11.8 Å². The van der Waals surface area contributed by atoms with Crippen LogP contribution in [0.25, 0.3) is 11.2 Å². The Balaban J connectivity index is 1.73. The molecule has 4 unspecified atom stereocenters. The average Bonchev–Trinajstić information content (AvgIpc) is 2.73. The summed E-state index contributed by atoms with van der Waals surface area (Å²) >= 11 is 0. The van der Waals surface area contributed by atoms with Gasteiger partial charge in [-0.05, 0) is 36.8 Å². The lowest BCUT2D eigenvalue weighted by molar-refractivity contribution is 0.0484. The van der Waals surface area contributed by atoms with Crippen LogP contribution in [-0.4, -0.2) is 67.6 Å². The first-order valence-corrected chi connectivity index (χ1v) is 10.3. The van der Waals surface area contributed by atoms with Crippen LogP contribution in [0.1, 0.15) is 26.7 Å². The molecule has 7 heteroatoms. The van der Waals surface area contributed by atoms with Crippen molar-refractivity contribution in [1.82, 2.24) is 15.0 Å². The Morgan fingerprint density at radius 3 is 2.04 bits per heavy atom. The van der Waals surface area contributed by atoms with Gasteiger partial charge in [-0.2, -0.15) is 0 Å². The minimum absolute atomic E-state index is 0.205. The molecule has 0 aliphatic carbocycles. The van der Waals surface area contributed by atoms with E-state index in [-0.39, 0.29) is 12.2 Å². The number of rotatable bonds is 4. The van der Waals surface area contributed by atoms with Crippen molar-refractivity contribution in [2.45, 2.75) is 38.9 Å². The molecule has 4 atom stereocenters. The number of anilines is 2.